The molecule has 5 nitrogen and oxygen atoms in total. The second-order valence-electron chi connectivity index (χ2n) is 10.4. The van der Waals surface area contributed by atoms with Gasteiger partial charge in [0, 0.05) is 0 Å². The van der Waals surface area contributed by atoms with Crippen LogP contribution in [0.5, 0.6) is 0 Å². The highest BCUT2D eigenvalue weighted by molar-refractivity contribution is 6.62. The monoisotopic (exact) mass is 439 g/mol. The Labute approximate surface area is 195 Å². The van der Waals surface area contributed by atoms with E-state index < -0.39 is 0 Å². The molecule has 1 atom stereocenters. The van der Waals surface area contributed by atoms with Crippen LogP contribution in [-0.4, -0.2) is 34.8 Å². The molecule has 6 heteroatoms. The van der Waals surface area contributed by atoms with Gasteiger partial charge in [0.2, 0.25) is 0 Å². The molecule has 33 heavy (non-hydrogen) atoms. The minimum atomic E-state index is -0.355. The summed E-state index contributed by atoms with van der Waals surface area (Å²) in [5.74, 6) is 1.05. The summed E-state index contributed by atoms with van der Waals surface area (Å²) in [5, 5.41) is 5.91. The zero-order chi connectivity index (χ0) is 22.8. The van der Waals surface area contributed by atoms with E-state index in [-0.39, 0.29) is 18.3 Å². The fraction of sp³-hybridized carbons (Fsp3) is 0.370. The molecular weight excluding hydrogens is 409 g/mol. The Morgan fingerprint density at radius 3 is 2.36 bits per heavy atom. The van der Waals surface area contributed by atoms with Crippen molar-refractivity contribution in [2.24, 2.45) is 0 Å². The van der Waals surface area contributed by atoms with Gasteiger partial charge >= 0.3 is 7.12 Å². The molecule has 0 unspecified atom stereocenters. The van der Waals surface area contributed by atoms with Crippen molar-refractivity contribution in [3.05, 3.63) is 60.4 Å². The van der Waals surface area contributed by atoms with Crippen LogP contribution >= 0.6 is 0 Å². The van der Waals surface area contributed by atoms with Crippen molar-refractivity contribution in [1.82, 2.24) is 15.3 Å². The van der Waals surface area contributed by atoms with Crippen molar-refractivity contribution in [2.75, 3.05) is 6.54 Å². The summed E-state index contributed by atoms with van der Waals surface area (Å²) in [6.07, 6.45) is 2.35. The predicted octanol–water partition coefficient (Wildman–Crippen LogP) is 5.11. The molecule has 0 spiro atoms. The normalized spacial score (nSPS) is 21.9. The van der Waals surface area contributed by atoms with Crippen molar-refractivity contribution in [3.8, 4) is 11.1 Å². The van der Waals surface area contributed by atoms with Crippen LogP contribution < -0.4 is 10.8 Å². The summed E-state index contributed by atoms with van der Waals surface area (Å²) in [4.78, 5) is 8.35. The Kier molecular flexibility index (Phi) is 4.70. The predicted molar refractivity (Wildman–Crippen MR) is 135 cm³/mol. The fourth-order valence-corrected chi connectivity index (χ4v) is 4.86. The molecule has 2 saturated heterocycles. The molecule has 0 saturated carbocycles. The van der Waals surface area contributed by atoms with E-state index in [4.69, 9.17) is 14.3 Å². The van der Waals surface area contributed by atoms with Crippen LogP contribution in [0.3, 0.4) is 0 Å². The Balaban J connectivity index is 1.34. The number of hydrogen-bond donors (Lipinski definition) is 2. The molecule has 0 aliphatic carbocycles. The van der Waals surface area contributed by atoms with Crippen LogP contribution in [0.25, 0.3) is 32.9 Å². The first-order valence-corrected chi connectivity index (χ1v) is 11.9. The third kappa shape index (κ3) is 3.57. The van der Waals surface area contributed by atoms with Crippen molar-refractivity contribution in [1.29, 1.82) is 0 Å². The Bertz CT molecular complexity index is 1340. The number of benzene rings is 3. The highest BCUT2D eigenvalue weighted by Crippen LogP contribution is 2.37. The molecule has 0 amide bonds. The van der Waals surface area contributed by atoms with Crippen LogP contribution in [0.2, 0.25) is 0 Å². The molecule has 2 aliphatic rings. The molecule has 168 valence electrons. The van der Waals surface area contributed by atoms with E-state index in [0.717, 1.165) is 35.3 Å². The van der Waals surface area contributed by atoms with E-state index in [1.807, 2.05) is 0 Å². The van der Waals surface area contributed by atoms with E-state index in [2.05, 4.69) is 92.6 Å². The summed E-state index contributed by atoms with van der Waals surface area (Å²) in [6.45, 7) is 9.42. The topological polar surface area (TPSA) is 59.2 Å². The molecule has 2 N–H and O–H groups in total. The van der Waals surface area contributed by atoms with Crippen LogP contribution in [0.15, 0.2) is 54.6 Å². The highest BCUT2D eigenvalue weighted by Gasteiger charge is 2.51. The van der Waals surface area contributed by atoms with Crippen LogP contribution in [0, 0.1) is 0 Å². The van der Waals surface area contributed by atoms with Gasteiger partial charge in [0.15, 0.2) is 0 Å². The van der Waals surface area contributed by atoms with Crippen molar-refractivity contribution in [2.45, 2.75) is 57.8 Å². The number of H-pyrrole nitrogens is 1. The molecule has 3 aromatic carbocycles. The van der Waals surface area contributed by atoms with E-state index in [1.165, 1.54) is 28.3 Å². The zero-order valence-corrected chi connectivity index (χ0v) is 19.7. The third-order valence-electron chi connectivity index (χ3n) is 7.61. The molecule has 0 radical (unpaired) electrons. The minimum absolute atomic E-state index is 0.343. The number of rotatable bonds is 3. The maximum Gasteiger partial charge on any atom is 0.494 e. The molecule has 1 aromatic heterocycles. The first-order chi connectivity index (χ1) is 15.8. The number of fused-ring (bicyclic) bond motifs is 2. The average molecular weight is 439 g/mol. The van der Waals surface area contributed by atoms with E-state index >= 15 is 0 Å². The third-order valence-corrected chi connectivity index (χ3v) is 7.61. The van der Waals surface area contributed by atoms with Gasteiger partial charge in [-0.3, -0.25) is 0 Å². The number of nitrogens with one attached hydrogen (secondary N) is 2. The molecular formula is C27H30BN3O2. The number of nitrogens with zero attached hydrogens (tertiary/aromatic N) is 1. The van der Waals surface area contributed by atoms with Gasteiger partial charge in [-0.2, -0.15) is 0 Å². The minimum Gasteiger partial charge on any atom is -0.399 e. The lowest BCUT2D eigenvalue weighted by Gasteiger charge is -2.32. The standard InChI is InChI=1S/C27H30BN3O2/c1-26(2)27(3,4)33-28(32-26)21-11-9-17-7-8-18(14-20(17)15-21)19-10-12-22-24(16-19)31-25(30-22)23-6-5-13-29-23/h7-12,14-16,23,29H,5-6,13H2,1-4H3,(H,30,31)/t23-/m0/s1. The molecule has 3 heterocycles. The van der Waals surface area contributed by atoms with Crippen molar-refractivity contribution >= 4 is 34.4 Å². The largest absolute Gasteiger partial charge is 0.494 e. The molecule has 2 fully saturated rings. The van der Waals surface area contributed by atoms with Gasteiger partial charge in [0.1, 0.15) is 5.82 Å². The van der Waals surface area contributed by atoms with Crippen LogP contribution in [0.4, 0.5) is 0 Å². The van der Waals surface area contributed by atoms with Crippen LogP contribution in [0.1, 0.15) is 52.4 Å². The summed E-state index contributed by atoms with van der Waals surface area (Å²) in [7, 11) is -0.355. The Morgan fingerprint density at radius 2 is 1.61 bits per heavy atom. The summed E-state index contributed by atoms with van der Waals surface area (Å²) in [5.41, 5.74) is 4.83. The maximum absolute atomic E-state index is 6.27. The second-order valence-corrected chi connectivity index (χ2v) is 10.4. The van der Waals surface area contributed by atoms with Gasteiger partial charge in [0.05, 0.1) is 28.3 Å². The van der Waals surface area contributed by atoms with Crippen molar-refractivity contribution < 1.29 is 9.31 Å². The van der Waals surface area contributed by atoms with Gasteiger partial charge < -0.3 is 19.6 Å². The van der Waals surface area contributed by atoms with E-state index in [1.54, 1.807) is 0 Å². The summed E-state index contributed by atoms with van der Waals surface area (Å²) < 4.78 is 12.5. The second kappa shape index (κ2) is 7.42. The highest BCUT2D eigenvalue weighted by atomic mass is 16.7. The van der Waals surface area contributed by atoms with Crippen LogP contribution in [-0.2, 0) is 9.31 Å². The number of imidazole rings is 1. The maximum atomic E-state index is 6.27. The molecule has 0 bridgehead atoms. The first-order valence-electron chi connectivity index (χ1n) is 11.9. The molecule has 4 aromatic rings. The first kappa shape index (κ1) is 20.9. The quantitative estimate of drug-likeness (QED) is 0.436. The van der Waals surface area contributed by atoms with Gasteiger partial charge in [-0.15, -0.1) is 0 Å². The SMILES string of the molecule is CC1(C)OB(c2ccc3ccc(-c4ccc5nc([C@@H]6CCCN6)[nH]c5c4)cc3c2)OC1(C)C. The number of aromatic nitrogens is 2. The lowest BCUT2D eigenvalue weighted by molar-refractivity contribution is 0.00578. The smallest absolute Gasteiger partial charge is 0.399 e. The molecule has 6 rings (SSSR count). The average Bonchev–Trinajstić information content (AvgIpc) is 3.50. The lowest BCUT2D eigenvalue weighted by Crippen LogP contribution is -2.41. The summed E-state index contributed by atoms with van der Waals surface area (Å²) in [6, 6.07) is 19.9. The van der Waals surface area contributed by atoms with Gasteiger partial charge in [-0.25, -0.2) is 4.98 Å². The Morgan fingerprint density at radius 1 is 0.879 bits per heavy atom. The fourth-order valence-electron chi connectivity index (χ4n) is 4.86. The Hall–Kier alpha value is -2.67. The van der Waals surface area contributed by atoms with Gasteiger partial charge in [0.25, 0.3) is 0 Å². The van der Waals surface area contributed by atoms with Crippen molar-refractivity contribution in [3.63, 3.8) is 0 Å². The molecule has 2 aliphatic heterocycles. The van der Waals surface area contributed by atoms with E-state index in [9.17, 15) is 0 Å². The van der Waals surface area contributed by atoms with Gasteiger partial charge in [-0.1, -0.05) is 36.4 Å². The lowest BCUT2D eigenvalue weighted by atomic mass is 9.78. The number of hydrogen-bond acceptors (Lipinski definition) is 4. The number of aromatic amines is 1. The van der Waals surface area contributed by atoms with E-state index in [0.29, 0.717) is 6.04 Å². The zero-order valence-electron chi connectivity index (χ0n) is 19.7. The summed E-state index contributed by atoms with van der Waals surface area (Å²) >= 11 is 0. The van der Waals surface area contributed by atoms with Gasteiger partial charge in [-0.05, 0) is 92.6 Å².